The molecule has 0 aromatic heterocycles. The predicted molar refractivity (Wildman–Crippen MR) is 91.9 cm³/mol. The summed E-state index contributed by atoms with van der Waals surface area (Å²) in [4.78, 5) is 24.3. The van der Waals surface area contributed by atoms with E-state index in [1.54, 1.807) is 6.92 Å². The van der Waals surface area contributed by atoms with Crippen molar-refractivity contribution in [3.63, 3.8) is 0 Å². The van der Waals surface area contributed by atoms with Crippen LogP contribution in [-0.2, 0) is 9.59 Å². The molecule has 0 spiro atoms. The third-order valence-corrected chi connectivity index (χ3v) is 4.48. The van der Waals surface area contributed by atoms with Gasteiger partial charge in [0.25, 0.3) is 0 Å². The van der Waals surface area contributed by atoms with Crippen LogP contribution in [0.4, 0.5) is 13.2 Å². The summed E-state index contributed by atoms with van der Waals surface area (Å²) in [6.07, 6.45) is 0.0232. The van der Waals surface area contributed by atoms with Gasteiger partial charge >= 0.3 is 0 Å². The average molecular weight is 369 g/mol. The Labute approximate surface area is 150 Å². The molecule has 3 atom stereocenters. The highest BCUT2D eigenvalue weighted by molar-refractivity contribution is 6.00. The SMILES string of the molecule is C=C(F)/C=C(/F)C(=C)CNC(=O)CC1=C(C)C2NC(F)CCC2NC1=O. The standard InChI is InChI=1S/C18H22F3N3O2/c1-9(13(20)6-10(2)19)8-22-16(25)7-12-11(3)17-14(23-18(12)26)4-5-15(21)24-17/h6,14-15,17,24H,1-2,4-5,7-8H2,3H3,(H,22,25)(H,23,26)/b13-6+. The quantitative estimate of drug-likeness (QED) is 0.497. The van der Waals surface area contributed by atoms with Gasteiger partial charge in [-0.05, 0) is 30.9 Å². The van der Waals surface area contributed by atoms with Crippen molar-refractivity contribution in [3.05, 3.63) is 47.6 Å². The van der Waals surface area contributed by atoms with Gasteiger partial charge in [0.05, 0.1) is 12.5 Å². The Bertz CT molecular complexity index is 700. The summed E-state index contributed by atoms with van der Waals surface area (Å²) < 4.78 is 39.6. The van der Waals surface area contributed by atoms with E-state index >= 15 is 0 Å². The van der Waals surface area contributed by atoms with Crippen molar-refractivity contribution >= 4 is 11.8 Å². The van der Waals surface area contributed by atoms with Crippen LogP contribution >= 0.6 is 0 Å². The first kappa shape index (κ1) is 20.0. The molecule has 0 aliphatic carbocycles. The zero-order valence-electron chi connectivity index (χ0n) is 14.5. The number of hydrogen-bond donors (Lipinski definition) is 3. The lowest BCUT2D eigenvalue weighted by molar-refractivity contribution is -0.124. The Morgan fingerprint density at radius 2 is 2.04 bits per heavy atom. The Hall–Kier alpha value is -2.35. The van der Waals surface area contributed by atoms with Gasteiger partial charge in [0, 0.05) is 24.2 Å². The maximum atomic E-state index is 13.6. The number of halogens is 3. The molecule has 0 radical (unpaired) electrons. The molecule has 26 heavy (non-hydrogen) atoms. The van der Waals surface area contributed by atoms with Gasteiger partial charge in [-0.3, -0.25) is 14.9 Å². The van der Waals surface area contributed by atoms with Crippen LogP contribution in [0.15, 0.2) is 47.6 Å². The topological polar surface area (TPSA) is 70.2 Å². The third-order valence-electron chi connectivity index (χ3n) is 4.48. The monoisotopic (exact) mass is 369 g/mol. The molecule has 0 aromatic rings. The molecule has 2 amide bonds. The maximum Gasteiger partial charge on any atom is 0.248 e. The summed E-state index contributed by atoms with van der Waals surface area (Å²) in [5, 5.41) is 8.00. The molecule has 0 saturated carbocycles. The number of rotatable bonds is 6. The predicted octanol–water partition coefficient (Wildman–Crippen LogP) is 2.25. The van der Waals surface area contributed by atoms with Crippen molar-refractivity contribution in [2.75, 3.05) is 6.54 Å². The average Bonchev–Trinajstić information content (AvgIpc) is 2.56. The second kappa shape index (κ2) is 8.35. The van der Waals surface area contributed by atoms with Gasteiger partial charge in [-0.15, -0.1) is 0 Å². The fourth-order valence-electron chi connectivity index (χ4n) is 3.06. The molecule has 3 N–H and O–H groups in total. The zero-order chi connectivity index (χ0) is 19.4. The molecule has 142 valence electrons. The Balaban J connectivity index is 1.99. The minimum absolute atomic E-state index is 0.120. The number of piperidine rings is 1. The number of carbonyl (C=O) groups is 2. The van der Waals surface area contributed by atoms with E-state index in [0.717, 1.165) is 0 Å². The number of allylic oxidation sites excluding steroid dienone is 2. The molecule has 0 aromatic carbocycles. The molecular formula is C18H22F3N3O2. The van der Waals surface area contributed by atoms with E-state index in [2.05, 4.69) is 29.1 Å². The Kier molecular flexibility index (Phi) is 6.42. The molecule has 2 aliphatic rings. The van der Waals surface area contributed by atoms with E-state index in [-0.39, 0.29) is 42.1 Å². The number of fused-ring (bicyclic) bond motifs is 1. The summed E-state index contributed by atoms with van der Waals surface area (Å²) in [6, 6.07) is -0.556. The lowest BCUT2D eigenvalue weighted by Crippen LogP contribution is -2.59. The highest BCUT2D eigenvalue weighted by atomic mass is 19.1. The maximum absolute atomic E-state index is 13.6. The third kappa shape index (κ3) is 4.85. The summed E-state index contributed by atoms with van der Waals surface area (Å²) in [7, 11) is 0. The van der Waals surface area contributed by atoms with Gasteiger partial charge < -0.3 is 10.6 Å². The molecule has 1 fully saturated rings. The van der Waals surface area contributed by atoms with Gasteiger partial charge in [0.1, 0.15) is 11.7 Å². The summed E-state index contributed by atoms with van der Waals surface area (Å²) in [5.74, 6) is -2.77. The van der Waals surface area contributed by atoms with Gasteiger partial charge in [0.15, 0.2) is 6.30 Å². The largest absolute Gasteiger partial charge is 0.352 e. The van der Waals surface area contributed by atoms with Crippen LogP contribution in [0, 0.1) is 0 Å². The van der Waals surface area contributed by atoms with Crippen molar-refractivity contribution < 1.29 is 22.8 Å². The second-order valence-corrected chi connectivity index (χ2v) is 6.43. The first-order valence-electron chi connectivity index (χ1n) is 8.26. The number of nitrogens with one attached hydrogen (secondary N) is 3. The summed E-state index contributed by atoms with van der Waals surface area (Å²) in [6.45, 7) is 7.78. The summed E-state index contributed by atoms with van der Waals surface area (Å²) in [5.41, 5.74) is 0.754. The van der Waals surface area contributed by atoms with Crippen LogP contribution in [0.1, 0.15) is 26.2 Å². The lowest BCUT2D eigenvalue weighted by atomic mass is 9.85. The fourth-order valence-corrected chi connectivity index (χ4v) is 3.06. The summed E-state index contributed by atoms with van der Waals surface area (Å²) >= 11 is 0. The van der Waals surface area contributed by atoms with Crippen molar-refractivity contribution in [3.8, 4) is 0 Å². The van der Waals surface area contributed by atoms with Gasteiger partial charge in [-0.25, -0.2) is 13.2 Å². The number of hydrogen-bond acceptors (Lipinski definition) is 3. The molecule has 3 unspecified atom stereocenters. The Morgan fingerprint density at radius 1 is 1.35 bits per heavy atom. The van der Waals surface area contributed by atoms with Gasteiger partial charge in [-0.2, -0.15) is 0 Å². The smallest absolute Gasteiger partial charge is 0.248 e. The van der Waals surface area contributed by atoms with Crippen LogP contribution in [0.2, 0.25) is 0 Å². The van der Waals surface area contributed by atoms with Crippen LogP contribution < -0.4 is 16.0 Å². The van der Waals surface area contributed by atoms with E-state index in [1.807, 2.05) is 0 Å². The van der Waals surface area contributed by atoms with Crippen molar-refractivity contribution in [2.24, 2.45) is 0 Å². The first-order chi connectivity index (χ1) is 12.2. The first-order valence-corrected chi connectivity index (χ1v) is 8.26. The molecule has 8 heteroatoms. The van der Waals surface area contributed by atoms with Crippen molar-refractivity contribution in [1.82, 2.24) is 16.0 Å². The number of amides is 2. The molecule has 2 heterocycles. The van der Waals surface area contributed by atoms with E-state index in [1.165, 1.54) is 0 Å². The van der Waals surface area contributed by atoms with Crippen molar-refractivity contribution in [1.29, 1.82) is 0 Å². The molecule has 2 rings (SSSR count). The molecule has 5 nitrogen and oxygen atoms in total. The number of alkyl halides is 1. The number of carbonyl (C=O) groups excluding carboxylic acids is 2. The zero-order valence-corrected chi connectivity index (χ0v) is 14.5. The van der Waals surface area contributed by atoms with E-state index < -0.39 is 23.9 Å². The van der Waals surface area contributed by atoms with E-state index in [9.17, 15) is 22.8 Å². The van der Waals surface area contributed by atoms with Crippen molar-refractivity contribution in [2.45, 2.75) is 44.6 Å². The van der Waals surface area contributed by atoms with Crippen LogP contribution in [-0.4, -0.2) is 36.7 Å². The molecule has 2 aliphatic heterocycles. The van der Waals surface area contributed by atoms with E-state index in [0.29, 0.717) is 24.5 Å². The highest BCUT2D eigenvalue weighted by Crippen LogP contribution is 2.27. The molecule has 0 bridgehead atoms. The minimum Gasteiger partial charge on any atom is -0.352 e. The van der Waals surface area contributed by atoms with Gasteiger partial charge in [0.2, 0.25) is 11.8 Å². The Morgan fingerprint density at radius 3 is 2.69 bits per heavy atom. The lowest BCUT2D eigenvalue weighted by Gasteiger charge is -2.39. The minimum atomic E-state index is -1.15. The second-order valence-electron chi connectivity index (χ2n) is 6.43. The van der Waals surface area contributed by atoms with Gasteiger partial charge in [-0.1, -0.05) is 13.2 Å². The fraction of sp³-hybridized carbons (Fsp3) is 0.444. The molecule has 1 saturated heterocycles. The van der Waals surface area contributed by atoms with Crippen LogP contribution in [0.5, 0.6) is 0 Å². The molecular weight excluding hydrogens is 347 g/mol. The normalized spacial score (nSPS) is 26.1. The van der Waals surface area contributed by atoms with Crippen LogP contribution in [0.3, 0.4) is 0 Å². The highest BCUT2D eigenvalue weighted by Gasteiger charge is 2.38. The van der Waals surface area contributed by atoms with E-state index in [4.69, 9.17) is 0 Å². The van der Waals surface area contributed by atoms with Crippen LogP contribution in [0.25, 0.3) is 0 Å².